The number of aryl methyl sites for hydroxylation is 1. The first-order valence-corrected chi connectivity index (χ1v) is 9.64. The quantitative estimate of drug-likeness (QED) is 0.511. The molecule has 2 aromatic heterocycles. The second kappa shape index (κ2) is 7.80. The van der Waals surface area contributed by atoms with Crippen molar-refractivity contribution in [3.63, 3.8) is 0 Å². The molecule has 29 heavy (non-hydrogen) atoms. The van der Waals surface area contributed by atoms with Crippen molar-refractivity contribution in [3.8, 4) is 11.6 Å². The van der Waals surface area contributed by atoms with Gasteiger partial charge in [0.1, 0.15) is 11.2 Å². The first kappa shape index (κ1) is 18.7. The van der Waals surface area contributed by atoms with E-state index in [9.17, 15) is 4.79 Å². The lowest BCUT2D eigenvalue weighted by Gasteiger charge is -2.20. The number of nitrogens with one attached hydrogen (secondary N) is 1. The maximum absolute atomic E-state index is 13.1. The van der Waals surface area contributed by atoms with Crippen molar-refractivity contribution in [1.29, 1.82) is 0 Å². The number of ether oxygens (including phenoxy) is 1. The van der Waals surface area contributed by atoms with Crippen molar-refractivity contribution in [3.05, 3.63) is 88.7 Å². The number of para-hydroxylation sites is 2. The van der Waals surface area contributed by atoms with Crippen LogP contribution in [0, 0.1) is 6.92 Å². The van der Waals surface area contributed by atoms with E-state index in [1.54, 1.807) is 6.07 Å². The lowest BCUT2D eigenvalue weighted by molar-refractivity contribution is 0.235. The molecule has 5 nitrogen and oxygen atoms in total. The van der Waals surface area contributed by atoms with Crippen molar-refractivity contribution < 1.29 is 4.74 Å². The molecule has 0 bridgehead atoms. The summed E-state index contributed by atoms with van der Waals surface area (Å²) < 4.78 is 7.93. The number of anilines is 2. The minimum Gasteiger partial charge on any atom is -0.474 e. The summed E-state index contributed by atoms with van der Waals surface area (Å²) in [6.07, 6.45) is -0.0841. The Bertz CT molecular complexity index is 1200. The molecule has 2 heterocycles. The van der Waals surface area contributed by atoms with Gasteiger partial charge >= 0.3 is 0 Å². The van der Waals surface area contributed by atoms with E-state index >= 15 is 0 Å². The number of hydrogen-bond acceptors (Lipinski definition) is 4. The lowest BCUT2D eigenvalue weighted by Crippen LogP contribution is -2.16. The molecule has 0 aliphatic heterocycles. The Morgan fingerprint density at radius 2 is 1.62 bits per heavy atom. The SMILES string of the molecule is Cc1cc2c(c(OC(C)C)n1)c(=O)cc(Nc1ccccc1)n2-c1ccccc1. The number of pyridine rings is 2. The van der Waals surface area contributed by atoms with Crippen LogP contribution in [0.2, 0.25) is 0 Å². The highest BCUT2D eigenvalue weighted by molar-refractivity contribution is 5.88. The van der Waals surface area contributed by atoms with Gasteiger partial charge in [-0.25, -0.2) is 4.98 Å². The van der Waals surface area contributed by atoms with Crippen LogP contribution in [0.15, 0.2) is 77.6 Å². The van der Waals surface area contributed by atoms with Gasteiger partial charge in [0, 0.05) is 23.1 Å². The predicted octanol–water partition coefficient (Wildman–Crippen LogP) is 5.22. The van der Waals surface area contributed by atoms with Gasteiger partial charge in [-0.1, -0.05) is 36.4 Å². The molecule has 5 heteroatoms. The molecule has 0 fully saturated rings. The largest absolute Gasteiger partial charge is 0.474 e. The fourth-order valence-corrected chi connectivity index (χ4v) is 3.35. The zero-order valence-electron chi connectivity index (χ0n) is 16.7. The van der Waals surface area contributed by atoms with Crippen LogP contribution < -0.4 is 15.5 Å². The van der Waals surface area contributed by atoms with Gasteiger partial charge in [0.05, 0.1) is 11.6 Å². The van der Waals surface area contributed by atoms with E-state index in [2.05, 4.69) is 10.3 Å². The van der Waals surface area contributed by atoms with Gasteiger partial charge in [-0.05, 0) is 51.1 Å². The third-order valence-electron chi connectivity index (χ3n) is 4.50. The van der Waals surface area contributed by atoms with E-state index < -0.39 is 0 Å². The van der Waals surface area contributed by atoms with Crippen LogP contribution in [-0.4, -0.2) is 15.7 Å². The van der Waals surface area contributed by atoms with Crippen LogP contribution in [0.25, 0.3) is 16.6 Å². The lowest BCUT2D eigenvalue weighted by atomic mass is 10.2. The molecular formula is C24H23N3O2. The van der Waals surface area contributed by atoms with Crippen molar-refractivity contribution >= 4 is 22.4 Å². The van der Waals surface area contributed by atoms with E-state index in [4.69, 9.17) is 4.74 Å². The molecule has 1 N–H and O–H groups in total. The molecule has 0 radical (unpaired) electrons. The Balaban J connectivity index is 2.04. The minimum absolute atomic E-state index is 0.0841. The Morgan fingerprint density at radius 1 is 0.966 bits per heavy atom. The Labute approximate surface area is 169 Å². The summed E-state index contributed by atoms with van der Waals surface area (Å²) in [5, 5.41) is 3.86. The van der Waals surface area contributed by atoms with E-state index in [0.717, 1.165) is 22.6 Å². The fourth-order valence-electron chi connectivity index (χ4n) is 3.35. The number of aromatic nitrogens is 2. The molecular weight excluding hydrogens is 362 g/mol. The molecule has 4 aromatic rings. The third-order valence-corrected chi connectivity index (χ3v) is 4.50. The molecule has 0 saturated heterocycles. The smallest absolute Gasteiger partial charge is 0.227 e. The van der Waals surface area contributed by atoms with E-state index in [1.807, 2.05) is 92.1 Å². The number of rotatable bonds is 5. The zero-order chi connectivity index (χ0) is 20.4. The molecule has 0 spiro atoms. The normalized spacial score (nSPS) is 11.0. The fraction of sp³-hybridized carbons (Fsp3) is 0.167. The van der Waals surface area contributed by atoms with Crippen LogP contribution in [0.3, 0.4) is 0 Å². The van der Waals surface area contributed by atoms with Crippen LogP contribution >= 0.6 is 0 Å². The van der Waals surface area contributed by atoms with Crippen molar-refractivity contribution in [2.24, 2.45) is 0 Å². The average Bonchev–Trinajstić information content (AvgIpc) is 2.68. The number of benzene rings is 2. The minimum atomic E-state index is -0.131. The molecule has 0 aliphatic carbocycles. The van der Waals surface area contributed by atoms with Gasteiger partial charge in [-0.3, -0.25) is 9.36 Å². The summed E-state index contributed by atoms with van der Waals surface area (Å²) in [7, 11) is 0. The number of fused-ring (bicyclic) bond motifs is 1. The van der Waals surface area contributed by atoms with Crippen molar-refractivity contribution in [1.82, 2.24) is 9.55 Å². The highest BCUT2D eigenvalue weighted by Crippen LogP contribution is 2.29. The molecule has 4 rings (SSSR count). The molecule has 0 atom stereocenters. The molecule has 146 valence electrons. The maximum Gasteiger partial charge on any atom is 0.227 e. The number of hydrogen-bond donors (Lipinski definition) is 1. The van der Waals surface area contributed by atoms with E-state index in [1.165, 1.54) is 0 Å². The van der Waals surface area contributed by atoms with Gasteiger partial charge in [0.15, 0.2) is 5.43 Å². The second-order valence-electron chi connectivity index (χ2n) is 7.19. The number of nitrogens with zero attached hydrogens (tertiary/aromatic N) is 2. The molecule has 0 aliphatic rings. The van der Waals surface area contributed by atoms with E-state index in [0.29, 0.717) is 17.1 Å². The predicted molar refractivity (Wildman–Crippen MR) is 118 cm³/mol. The van der Waals surface area contributed by atoms with Crippen LogP contribution in [0.5, 0.6) is 5.88 Å². The van der Waals surface area contributed by atoms with E-state index in [-0.39, 0.29) is 11.5 Å². The van der Waals surface area contributed by atoms with Gasteiger partial charge in [-0.2, -0.15) is 0 Å². The summed E-state index contributed by atoms with van der Waals surface area (Å²) in [4.78, 5) is 17.6. The molecule has 0 amide bonds. The summed E-state index contributed by atoms with van der Waals surface area (Å²) in [5.74, 6) is 1.05. The monoisotopic (exact) mass is 385 g/mol. The van der Waals surface area contributed by atoms with Gasteiger partial charge < -0.3 is 10.1 Å². The molecule has 0 unspecified atom stereocenters. The summed E-state index contributed by atoms with van der Waals surface area (Å²) in [6, 6.07) is 23.3. The molecule has 2 aromatic carbocycles. The maximum atomic E-state index is 13.1. The highest BCUT2D eigenvalue weighted by Gasteiger charge is 2.17. The summed E-state index contributed by atoms with van der Waals surface area (Å²) in [6.45, 7) is 5.76. The van der Waals surface area contributed by atoms with Gasteiger partial charge in [-0.15, -0.1) is 0 Å². The van der Waals surface area contributed by atoms with Crippen molar-refractivity contribution in [2.45, 2.75) is 26.9 Å². The third kappa shape index (κ3) is 3.85. The first-order valence-electron chi connectivity index (χ1n) is 9.64. The first-order chi connectivity index (χ1) is 14.0. The summed E-state index contributed by atoms with van der Waals surface area (Å²) in [5.41, 5.74) is 3.26. The van der Waals surface area contributed by atoms with Crippen molar-refractivity contribution in [2.75, 3.05) is 5.32 Å². The highest BCUT2D eigenvalue weighted by atomic mass is 16.5. The van der Waals surface area contributed by atoms with Crippen LogP contribution in [-0.2, 0) is 0 Å². The van der Waals surface area contributed by atoms with Crippen LogP contribution in [0.1, 0.15) is 19.5 Å². The Kier molecular flexibility index (Phi) is 5.04. The Morgan fingerprint density at radius 3 is 2.28 bits per heavy atom. The zero-order valence-corrected chi connectivity index (χ0v) is 16.7. The topological polar surface area (TPSA) is 56.1 Å². The van der Waals surface area contributed by atoms with Gasteiger partial charge in [0.2, 0.25) is 5.88 Å². The average molecular weight is 385 g/mol. The Hall–Kier alpha value is -3.60. The standard InChI is InChI=1S/C24H23N3O2/c1-16(2)29-24-23-20(14-17(3)25-24)27(19-12-8-5-9-13-19)22(15-21(23)28)26-18-10-6-4-7-11-18/h4-16,26H,1-3H3. The molecule has 0 saturated carbocycles. The van der Waals surface area contributed by atoms with Gasteiger partial charge in [0.25, 0.3) is 0 Å². The second-order valence-corrected chi connectivity index (χ2v) is 7.19. The summed E-state index contributed by atoms with van der Waals surface area (Å²) >= 11 is 0. The van der Waals surface area contributed by atoms with Crippen LogP contribution in [0.4, 0.5) is 11.5 Å².